The third-order valence-corrected chi connectivity index (χ3v) is 7.35. The van der Waals surface area contributed by atoms with Gasteiger partial charge >= 0.3 is 19.8 Å². The Balaban J connectivity index is 4.10. The number of rotatable bonds is 28. The number of nitrogens with one attached hydrogen (secondary N) is 1. The Morgan fingerprint density at radius 3 is 1.65 bits per heavy atom. The monoisotopic (exact) mass is 595 g/mol. The van der Waals surface area contributed by atoms with E-state index < -0.39 is 57.6 Å². The SMILES string of the molecule is CCCCCCCCCCCC(=O)NC(COP(=O)(O)OCC(O)COC(=O)CCCCCCCCC)C(=O)O. The fourth-order valence-electron chi connectivity index (χ4n) is 3.96. The van der Waals surface area contributed by atoms with E-state index in [1.807, 2.05) is 0 Å². The second kappa shape index (κ2) is 25.2. The number of carboxylic acid groups (broad SMARTS) is 1. The van der Waals surface area contributed by atoms with Crippen LogP contribution in [-0.4, -0.2) is 64.9 Å². The van der Waals surface area contributed by atoms with E-state index in [1.54, 1.807) is 0 Å². The van der Waals surface area contributed by atoms with Crippen molar-refractivity contribution in [1.29, 1.82) is 0 Å². The van der Waals surface area contributed by atoms with Gasteiger partial charge in [-0.2, -0.15) is 0 Å². The number of ether oxygens (including phenoxy) is 1. The van der Waals surface area contributed by atoms with Crippen molar-refractivity contribution in [2.45, 2.75) is 142 Å². The number of unbranched alkanes of at least 4 members (excludes halogenated alkanes) is 14. The first-order valence-corrected chi connectivity index (χ1v) is 16.6. The predicted molar refractivity (Wildman–Crippen MR) is 153 cm³/mol. The van der Waals surface area contributed by atoms with Crippen molar-refractivity contribution in [2.24, 2.45) is 0 Å². The first-order valence-electron chi connectivity index (χ1n) is 15.1. The van der Waals surface area contributed by atoms with Gasteiger partial charge in [-0.15, -0.1) is 0 Å². The summed E-state index contributed by atoms with van der Waals surface area (Å²) in [4.78, 5) is 45.1. The third kappa shape index (κ3) is 24.3. The van der Waals surface area contributed by atoms with Crippen molar-refractivity contribution in [2.75, 3.05) is 19.8 Å². The third-order valence-electron chi connectivity index (χ3n) is 6.40. The van der Waals surface area contributed by atoms with Gasteiger partial charge in [-0.3, -0.25) is 18.6 Å². The molecule has 11 nitrogen and oxygen atoms in total. The molecular weight excluding hydrogens is 541 g/mol. The molecule has 0 radical (unpaired) electrons. The summed E-state index contributed by atoms with van der Waals surface area (Å²) in [7, 11) is -4.72. The van der Waals surface area contributed by atoms with Crippen molar-refractivity contribution >= 4 is 25.7 Å². The zero-order valence-corrected chi connectivity index (χ0v) is 25.5. The molecule has 0 saturated carbocycles. The molecule has 4 N–H and O–H groups in total. The van der Waals surface area contributed by atoms with Crippen LogP contribution in [0, 0.1) is 0 Å². The van der Waals surface area contributed by atoms with Crippen LogP contribution >= 0.6 is 7.82 Å². The number of carboxylic acids is 1. The Kier molecular flexibility index (Phi) is 24.3. The zero-order valence-electron chi connectivity index (χ0n) is 24.7. The van der Waals surface area contributed by atoms with Crippen molar-refractivity contribution < 1.29 is 47.8 Å². The Bertz CT molecular complexity index is 721. The second-order valence-electron chi connectivity index (χ2n) is 10.3. The minimum atomic E-state index is -4.72. The molecule has 3 unspecified atom stereocenters. The maximum absolute atomic E-state index is 12.1. The molecule has 0 aliphatic carbocycles. The van der Waals surface area contributed by atoms with Gasteiger partial charge < -0.3 is 25.2 Å². The molecule has 0 aromatic heterocycles. The number of phosphoric ester groups is 1. The summed E-state index contributed by atoms with van der Waals surface area (Å²) < 4.78 is 26.4. The number of carbonyl (C=O) groups excluding carboxylic acids is 2. The number of esters is 1. The van der Waals surface area contributed by atoms with Gasteiger partial charge in [0.2, 0.25) is 5.91 Å². The molecule has 0 aliphatic rings. The second-order valence-corrected chi connectivity index (χ2v) is 11.8. The molecule has 0 heterocycles. The van der Waals surface area contributed by atoms with E-state index in [-0.39, 0.29) is 12.8 Å². The molecule has 0 spiro atoms. The molecule has 0 aromatic rings. The van der Waals surface area contributed by atoms with Gasteiger partial charge in [0.25, 0.3) is 0 Å². The number of carbonyl (C=O) groups is 3. The highest BCUT2D eigenvalue weighted by atomic mass is 31.2. The minimum Gasteiger partial charge on any atom is -0.480 e. The Morgan fingerprint density at radius 2 is 1.15 bits per heavy atom. The van der Waals surface area contributed by atoms with Crippen molar-refractivity contribution in [3.63, 3.8) is 0 Å². The van der Waals surface area contributed by atoms with Crippen LogP contribution in [0.2, 0.25) is 0 Å². The Morgan fingerprint density at radius 1 is 0.700 bits per heavy atom. The smallest absolute Gasteiger partial charge is 0.472 e. The van der Waals surface area contributed by atoms with Gasteiger partial charge in [-0.25, -0.2) is 9.36 Å². The number of phosphoric acid groups is 1. The number of aliphatic carboxylic acids is 1. The lowest BCUT2D eigenvalue weighted by Crippen LogP contribution is -2.43. The topological polar surface area (TPSA) is 169 Å². The number of amides is 1. The molecular formula is C28H54NO10P. The maximum Gasteiger partial charge on any atom is 0.472 e. The number of aliphatic hydroxyl groups is 1. The van der Waals surface area contributed by atoms with Crippen LogP contribution in [0.4, 0.5) is 0 Å². The standard InChI is InChI=1S/C28H54NO10P/c1-3-5-7-9-11-12-14-15-17-19-26(31)29-25(28(33)34)23-39-40(35,36)38-22-24(30)21-37-27(32)20-18-16-13-10-8-6-4-2/h24-25,30H,3-23H2,1-2H3,(H,29,31)(H,33,34)(H,35,36). The summed E-state index contributed by atoms with van der Waals surface area (Å²) in [6.45, 7) is 2.45. The van der Waals surface area contributed by atoms with Gasteiger partial charge in [0.1, 0.15) is 12.7 Å². The zero-order chi connectivity index (χ0) is 30.1. The normalized spacial score (nSPS) is 14.3. The first kappa shape index (κ1) is 38.5. The quantitative estimate of drug-likeness (QED) is 0.0503. The molecule has 0 saturated heterocycles. The van der Waals surface area contributed by atoms with Crippen LogP contribution in [-0.2, 0) is 32.7 Å². The molecule has 12 heteroatoms. The van der Waals surface area contributed by atoms with E-state index >= 15 is 0 Å². The molecule has 0 bridgehead atoms. The minimum absolute atomic E-state index is 0.150. The molecule has 0 aromatic carbocycles. The lowest BCUT2D eigenvalue weighted by atomic mass is 10.1. The van der Waals surface area contributed by atoms with Gasteiger partial charge in [0.05, 0.1) is 13.2 Å². The molecule has 3 atom stereocenters. The fourth-order valence-corrected chi connectivity index (χ4v) is 4.73. The first-order chi connectivity index (χ1) is 19.1. The average Bonchev–Trinajstić information content (AvgIpc) is 2.91. The lowest BCUT2D eigenvalue weighted by Gasteiger charge is -2.18. The molecule has 40 heavy (non-hydrogen) atoms. The van der Waals surface area contributed by atoms with Crippen LogP contribution in [0.5, 0.6) is 0 Å². The van der Waals surface area contributed by atoms with Gasteiger partial charge in [-0.1, -0.05) is 104 Å². The average molecular weight is 596 g/mol. The Labute approximate surface area is 240 Å². The van der Waals surface area contributed by atoms with Crippen LogP contribution in [0.3, 0.4) is 0 Å². The molecule has 1 amide bonds. The van der Waals surface area contributed by atoms with Gasteiger partial charge in [-0.05, 0) is 12.8 Å². The van der Waals surface area contributed by atoms with Crippen molar-refractivity contribution in [3.8, 4) is 0 Å². The van der Waals surface area contributed by atoms with E-state index in [9.17, 15) is 34.1 Å². The van der Waals surface area contributed by atoms with Gasteiger partial charge in [0.15, 0.2) is 6.04 Å². The largest absolute Gasteiger partial charge is 0.480 e. The van der Waals surface area contributed by atoms with E-state index in [4.69, 9.17) is 9.26 Å². The summed E-state index contributed by atoms with van der Waals surface area (Å²) in [5, 5.41) is 21.5. The summed E-state index contributed by atoms with van der Waals surface area (Å²) in [5.74, 6) is -2.38. The Hall–Kier alpha value is -1.52. The lowest BCUT2D eigenvalue weighted by molar-refractivity contribution is -0.147. The van der Waals surface area contributed by atoms with Crippen molar-refractivity contribution in [1.82, 2.24) is 5.32 Å². The fraction of sp³-hybridized carbons (Fsp3) is 0.893. The van der Waals surface area contributed by atoms with Crippen LogP contribution < -0.4 is 5.32 Å². The van der Waals surface area contributed by atoms with E-state index in [2.05, 4.69) is 23.7 Å². The molecule has 0 rings (SSSR count). The summed E-state index contributed by atoms with van der Waals surface area (Å²) in [5.41, 5.74) is 0. The highest BCUT2D eigenvalue weighted by Crippen LogP contribution is 2.43. The summed E-state index contributed by atoms with van der Waals surface area (Å²) >= 11 is 0. The number of hydrogen-bond acceptors (Lipinski definition) is 8. The molecule has 0 aliphatic heterocycles. The number of hydrogen-bond donors (Lipinski definition) is 4. The number of aliphatic hydroxyl groups excluding tert-OH is 1. The van der Waals surface area contributed by atoms with Gasteiger partial charge in [0, 0.05) is 12.8 Å². The molecule has 0 fully saturated rings. The van der Waals surface area contributed by atoms with E-state index in [0.717, 1.165) is 38.5 Å². The maximum atomic E-state index is 12.1. The predicted octanol–water partition coefficient (Wildman–Crippen LogP) is 5.66. The summed E-state index contributed by atoms with van der Waals surface area (Å²) in [6.07, 6.45) is 16.1. The highest BCUT2D eigenvalue weighted by molar-refractivity contribution is 7.47. The van der Waals surface area contributed by atoms with Crippen molar-refractivity contribution in [3.05, 3.63) is 0 Å². The molecule has 236 valence electrons. The van der Waals surface area contributed by atoms with E-state index in [1.165, 1.54) is 51.4 Å². The van der Waals surface area contributed by atoms with Crippen LogP contribution in [0.1, 0.15) is 129 Å². The van der Waals surface area contributed by atoms with Crippen LogP contribution in [0.15, 0.2) is 0 Å². The summed E-state index contributed by atoms with van der Waals surface area (Å²) in [6, 6.07) is -1.53. The van der Waals surface area contributed by atoms with Crippen LogP contribution in [0.25, 0.3) is 0 Å². The highest BCUT2D eigenvalue weighted by Gasteiger charge is 2.28. The van der Waals surface area contributed by atoms with E-state index in [0.29, 0.717) is 12.8 Å².